The van der Waals surface area contributed by atoms with Crippen molar-refractivity contribution in [1.29, 1.82) is 0 Å². The molecule has 1 aromatic heterocycles. The third-order valence-corrected chi connectivity index (χ3v) is 2.50. The lowest BCUT2D eigenvalue weighted by Gasteiger charge is -2.03. The van der Waals surface area contributed by atoms with Gasteiger partial charge in [0.1, 0.15) is 11.5 Å². The number of hydrogen-bond acceptors (Lipinski definition) is 2. The summed E-state index contributed by atoms with van der Waals surface area (Å²) in [6, 6.07) is 2.03. The lowest BCUT2D eigenvalue weighted by atomic mass is 9.99. The van der Waals surface area contributed by atoms with Crippen molar-refractivity contribution in [3.05, 3.63) is 23.2 Å². The average molecular weight is 179 g/mol. The summed E-state index contributed by atoms with van der Waals surface area (Å²) < 4.78 is 5.42. The molecule has 0 radical (unpaired) electrons. The predicted octanol–water partition coefficient (Wildman–Crippen LogP) is 1.50. The van der Waals surface area contributed by atoms with Gasteiger partial charge in [0.2, 0.25) is 5.91 Å². The molecule has 1 aliphatic heterocycles. The van der Waals surface area contributed by atoms with Crippen LogP contribution < -0.4 is 5.32 Å². The van der Waals surface area contributed by atoms with Gasteiger partial charge in [-0.2, -0.15) is 0 Å². The highest BCUT2D eigenvalue weighted by atomic mass is 16.3. The van der Waals surface area contributed by atoms with Crippen LogP contribution in [0, 0.1) is 13.8 Å². The maximum absolute atomic E-state index is 11.0. The second kappa shape index (κ2) is 2.91. The number of rotatable bonds is 1. The fraction of sp³-hybridized carbons (Fsp3) is 0.500. The normalized spacial score (nSPS) is 22.0. The van der Waals surface area contributed by atoms with Crippen molar-refractivity contribution >= 4 is 5.91 Å². The summed E-state index contributed by atoms with van der Waals surface area (Å²) in [5, 5.41) is 2.82. The summed E-state index contributed by atoms with van der Waals surface area (Å²) in [6.07, 6.45) is 0.597. The summed E-state index contributed by atoms with van der Waals surface area (Å²) >= 11 is 0. The molecule has 0 aromatic carbocycles. The number of amides is 1. The Morgan fingerprint density at radius 3 is 2.77 bits per heavy atom. The van der Waals surface area contributed by atoms with Crippen LogP contribution in [0.5, 0.6) is 0 Å². The Bertz CT molecular complexity index is 341. The molecule has 3 heteroatoms. The van der Waals surface area contributed by atoms with E-state index in [2.05, 4.69) is 5.32 Å². The molecule has 2 heterocycles. The Morgan fingerprint density at radius 1 is 1.54 bits per heavy atom. The Balaban J connectivity index is 2.25. The molecule has 1 atom stereocenters. The first-order valence-electron chi connectivity index (χ1n) is 4.50. The fourth-order valence-corrected chi connectivity index (χ4v) is 1.88. The van der Waals surface area contributed by atoms with Gasteiger partial charge in [0.15, 0.2) is 0 Å². The summed E-state index contributed by atoms with van der Waals surface area (Å²) in [4.78, 5) is 11.0. The van der Waals surface area contributed by atoms with Crippen molar-refractivity contribution in [3.8, 4) is 0 Å². The summed E-state index contributed by atoms with van der Waals surface area (Å²) in [6.45, 7) is 4.63. The third-order valence-electron chi connectivity index (χ3n) is 2.50. The van der Waals surface area contributed by atoms with E-state index in [0.717, 1.165) is 18.1 Å². The summed E-state index contributed by atoms with van der Waals surface area (Å²) in [5.41, 5.74) is 1.18. The molecule has 1 aliphatic rings. The Morgan fingerprint density at radius 2 is 2.31 bits per heavy atom. The van der Waals surface area contributed by atoms with Gasteiger partial charge in [0, 0.05) is 18.9 Å². The molecular formula is C10H13NO2. The highest BCUT2D eigenvalue weighted by Crippen LogP contribution is 2.27. The maximum Gasteiger partial charge on any atom is 0.220 e. The van der Waals surface area contributed by atoms with Gasteiger partial charge in [-0.05, 0) is 25.5 Å². The van der Waals surface area contributed by atoms with Gasteiger partial charge in [-0.15, -0.1) is 0 Å². The van der Waals surface area contributed by atoms with Crippen molar-refractivity contribution in [3.63, 3.8) is 0 Å². The largest absolute Gasteiger partial charge is 0.466 e. The topological polar surface area (TPSA) is 42.2 Å². The minimum Gasteiger partial charge on any atom is -0.466 e. The standard InChI is InChI=1S/C10H13NO2/c1-6-3-9(7(2)13-6)8-4-10(12)11-5-8/h3,8H,4-5H2,1-2H3,(H,11,12). The van der Waals surface area contributed by atoms with Crippen molar-refractivity contribution in [1.82, 2.24) is 5.32 Å². The molecule has 0 spiro atoms. The van der Waals surface area contributed by atoms with Crippen molar-refractivity contribution in [2.75, 3.05) is 6.54 Å². The highest BCUT2D eigenvalue weighted by Gasteiger charge is 2.25. The molecule has 1 aromatic rings. The van der Waals surface area contributed by atoms with Gasteiger partial charge >= 0.3 is 0 Å². The predicted molar refractivity (Wildman–Crippen MR) is 48.5 cm³/mol. The molecule has 2 rings (SSSR count). The molecule has 13 heavy (non-hydrogen) atoms. The highest BCUT2D eigenvalue weighted by molar-refractivity contribution is 5.79. The van der Waals surface area contributed by atoms with Crippen LogP contribution >= 0.6 is 0 Å². The minimum atomic E-state index is 0.142. The lowest BCUT2D eigenvalue weighted by molar-refractivity contribution is -0.119. The number of carbonyl (C=O) groups is 1. The molecule has 0 saturated carbocycles. The Hall–Kier alpha value is -1.25. The smallest absolute Gasteiger partial charge is 0.220 e. The first-order valence-corrected chi connectivity index (χ1v) is 4.50. The molecule has 1 N–H and O–H groups in total. The van der Waals surface area contributed by atoms with Crippen LogP contribution in [0.4, 0.5) is 0 Å². The van der Waals surface area contributed by atoms with E-state index in [1.165, 1.54) is 5.56 Å². The molecule has 3 nitrogen and oxygen atoms in total. The van der Waals surface area contributed by atoms with E-state index < -0.39 is 0 Å². The first-order chi connectivity index (χ1) is 6.16. The van der Waals surface area contributed by atoms with Gasteiger partial charge < -0.3 is 9.73 Å². The average Bonchev–Trinajstić information content (AvgIpc) is 2.58. The number of furan rings is 1. The number of hydrogen-bond donors (Lipinski definition) is 1. The van der Waals surface area contributed by atoms with E-state index in [4.69, 9.17) is 4.42 Å². The van der Waals surface area contributed by atoms with E-state index in [9.17, 15) is 4.79 Å². The first kappa shape index (κ1) is 8.35. The summed E-state index contributed by atoms with van der Waals surface area (Å²) in [7, 11) is 0. The summed E-state index contributed by atoms with van der Waals surface area (Å²) in [5.74, 6) is 2.32. The number of nitrogens with one attached hydrogen (secondary N) is 1. The molecule has 70 valence electrons. The van der Waals surface area contributed by atoms with E-state index in [1.807, 2.05) is 19.9 Å². The zero-order valence-electron chi connectivity index (χ0n) is 7.89. The number of aryl methyl sites for hydroxylation is 2. The van der Waals surface area contributed by atoms with Crippen molar-refractivity contribution < 1.29 is 9.21 Å². The van der Waals surface area contributed by atoms with E-state index in [-0.39, 0.29) is 5.91 Å². The molecule has 1 saturated heterocycles. The quantitative estimate of drug-likeness (QED) is 0.709. The molecule has 1 amide bonds. The Kier molecular flexibility index (Phi) is 1.87. The fourth-order valence-electron chi connectivity index (χ4n) is 1.88. The van der Waals surface area contributed by atoms with Crippen molar-refractivity contribution in [2.45, 2.75) is 26.2 Å². The molecular weight excluding hydrogens is 166 g/mol. The Labute approximate surface area is 77.1 Å². The zero-order valence-corrected chi connectivity index (χ0v) is 7.89. The maximum atomic E-state index is 11.0. The van der Waals surface area contributed by atoms with Crippen LogP contribution in [0.15, 0.2) is 10.5 Å². The zero-order chi connectivity index (χ0) is 9.42. The SMILES string of the molecule is Cc1cc(C2CNC(=O)C2)c(C)o1. The molecule has 0 bridgehead atoms. The van der Waals surface area contributed by atoms with Crippen LogP contribution in [-0.2, 0) is 4.79 Å². The van der Waals surface area contributed by atoms with E-state index in [0.29, 0.717) is 12.3 Å². The van der Waals surface area contributed by atoms with Gasteiger partial charge in [-0.3, -0.25) is 4.79 Å². The lowest BCUT2D eigenvalue weighted by Crippen LogP contribution is -2.13. The van der Waals surface area contributed by atoms with E-state index in [1.54, 1.807) is 0 Å². The van der Waals surface area contributed by atoms with Gasteiger partial charge in [-0.25, -0.2) is 0 Å². The van der Waals surface area contributed by atoms with Crippen LogP contribution in [0.25, 0.3) is 0 Å². The van der Waals surface area contributed by atoms with Gasteiger partial charge in [-0.1, -0.05) is 0 Å². The van der Waals surface area contributed by atoms with Crippen LogP contribution in [0.1, 0.15) is 29.4 Å². The molecule has 1 fully saturated rings. The number of carbonyl (C=O) groups excluding carboxylic acids is 1. The van der Waals surface area contributed by atoms with Crippen LogP contribution in [0.2, 0.25) is 0 Å². The minimum absolute atomic E-state index is 0.142. The van der Waals surface area contributed by atoms with E-state index >= 15 is 0 Å². The van der Waals surface area contributed by atoms with Crippen molar-refractivity contribution in [2.24, 2.45) is 0 Å². The van der Waals surface area contributed by atoms with Crippen LogP contribution in [-0.4, -0.2) is 12.5 Å². The molecule has 1 unspecified atom stereocenters. The third kappa shape index (κ3) is 1.46. The van der Waals surface area contributed by atoms with Gasteiger partial charge in [0.05, 0.1) is 0 Å². The second-order valence-electron chi connectivity index (χ2n) is 3.57. The molecule has 0 aliphatic carbocycles. The monoisotopic (exact) mass is 179 g/mol. The second-order valence-corrected chi connectivity index (χ2v) is 3.57. The van der Waals surface area contributed by atoms with Crippen LogP contribution in [0.3, 0.4) is 0 Å². The van der Waals surface area contributed by atoms with Gasteiger partial charge in [0.25, 0.3) is 0 Å².